The van der Waals surface area contributed by atoms with Crippen LogP contribution in [0.4, 0.5) is 0 Å². The van der Waals surface area contributed by atoms with Crippen LogP contribution in [0.25, 0.3) is 0 Å². The van der Waals surface area contributed by atoms with Crippen LogP contribution in [0.2, 0.25) is 0 Å². The van der Waals surface area contributed by atoms with E-state index in [0.29, 0.717) is 6.54 Å². The third-order valence-electron chi connectivity index (χ3n) is 2.31. The van der Waals surface area contributed by atoms with Gasteiger partial charge < -0.3 is 5.11 Å². The molecule has 0 aromatic rings. The molecule has 0 bridgehead atoms. The highest BCUT2D eigenvalue weighted by Crippen LogP contribution is 2.18. The smallest absolute Gasteiger partial charge is 0.304 e. The molecule has 5 nitrogen and oxygen atoms in total. The van der Waals surface area contributed by atoms with Gasteiger partial charge in [-0.2, -0.15) is 0 Å². The quantitative estimate of drug-likeness (QED) is 0.686. The van der Waals surface area contributed by atoms with Crippen molar-refractivity contribution in [1.29, 1.82) is 0 Å². The normalized spacial score (nSPS) is 12.7. The molecule has 0 saturated heterocycles. The summed E-state index contributed by atoms with van der Waals surface area (Å²) in [6, 6.07) is 0. The van der Waals surface area contributed by atoms with E-state index < -0.39 is 16.0 Å². The Bertz CT molecular complexity index is 308. The van der Waals surface area contributed by atoms with Crippen molar-refractivity contribution in [1.82, 2.24) is 4.72 Å². The molecule has 90 valence electrons. The van der Waals surface area contributed by atoms with Gasteiger partial charge in [0.15, 0.2) is 0 Å². The first-order valence-electron chi connectivity index (χ1n) is 4.88. The summed E-state index contributed by atoms with van der Waals surface area (Å²) in [5.41, 5.74) is -0.101. The van der Waals surface area contributed by atoms with Crippen molar-refractivity contribution in [3.05, 3.63) is 0 Å². The second-order valence-corrected chi connectivity index (χ2v) is 6.23. The fraction of sp³-hybridized carbons (Fsp3) is 0.889. The predicted octanol–water partition coefficient (Wildman–Crippen LogP) is 0.817. The van der Waals surface area contributed by atoms with E-state index >= 15 is 0 Å². The van der Waals surface area contributed by atoms with Crippen LogP contribution in [0, 0.1) is 5.41 Å². The third kappa shape index (κ3) is 7.33. The summed E-state index contributed by atoms with van der Waals surface area (Å²) in [7, 11) is -3.45. The lowest BCUT2D eigenvalue weighted by molar-refractivity contribution is -0.136. The Morgan fingerprint density at radius 2 is 1.93 bits per heavy atom. The summed E-state index contributed by atoms with van der Waals surface area (Å²) in [5, 5.41) is 8.36. The number of hydrogen-bond acceptors (Lipinski definition) is 3. The first-order chi connectivity index (χ1) is 6.68. The first-order valence-corrected chi connectivity index (χ1v) is 6.53. The molecular weight excluding hydrogens is 218 g/mol. The lowest BCUT2D eigenvalue weighted by Gasteiger charge is -2.22. The van der Waals surface area contributed by atoms with Gasteiger partial charge in [-0.1, -0.05) is 20.8 Å². The summed E-state index contributed by atoms with van der Waals surface area (Å²) in [6.45, 7) is 6.22. The van der Waals surface area contributed by atoms with Crippen LogP contribution in [0.15, 0.2) is 0 Å². The van der Waals surface area contributed by atoms with Gasteiger partial charge in [-0.15, -0.1) is 0 Å². The second kappa shape index (κ2) is 5.46. The van der Waals surface area contributed by atoms with Crippen LogP contribution in [-0.4, -0.2) is 31.8 Å². The van der Waals surface area contributed by atoms with Crippen molar-refractivity contribution in [3.63, 3.8) is 0 Å². The standard InChI is InChI=1S/C9H19NO4S/c1-4-9(2,3)7-10-15(13,14)6-5-8(11)12/h10H,4-7H2,1-3H3,(H,11,12). The highest BCUT2D eigenvalue weighted by molar-refractivity contribution is 7.89. The molecule has 0 saturated carbocycles. The molecule has 6 heteroatoms. The van der Waals surface area contributed by atoms with E-state index in [0.717, 1.165) is 6.42 Å². The number of carbonyl (C=O) groups is 1. The van der Waals surface area contributed by atoms with Crippen LogP contribution in [0.1, 0.15) is 33.6 Å². The lowest BCUT2D eigenvalue weighted by atomic mass is 9.91. The molecule has 2 N–H and O–H groups in total. The van der Waals surface area contributed by atoms with Gasteiger partial charge in [0.05, 0.1) is 12.2 Å². The molecule has 0 aliphatic rings. The molecule has 0 aromatic heterocycles. The lowest BCUT2D eigenvalue weighted by Crippen LogP contribution is -2.35. The Morgan fingerprint density at radius 3 is 2.33 bits per heavy atom. The summed E-state index contributed by atoms with van der Waals surface area (Å²) in [6.07, 6.45) is 0.496. The van der Waals surface area contributed by atoms with Gasteiger partial charge in [0.1, 0.15) is 0 Å². The van der Waals surface area contributed by atoms with Gasteiger partial charge in [0.2, 0.25) is 10.0 Å². The van der Waals surface area contributed by atoms with Gasteiger partial charge in [-0.25, -0.2) is 13.1 Å². The fourth-order valence-corrected chi connectivity index (χ4v) is 1.92. The zero-order valence-electron chi connectivity index (χ0n) is 9.41. The molecule has 0 aromatic carbocycles. The Labute approximate surface area is 90.9 Å². The van der Waals surface area contributed by atoms with Crippen LogP contribution in [0.3, 0.4) is 0 Å². The number of hydrogen-bond donors (Lipinski definition) is 2. The van der Waals surface area contributed by atoms with Crippen LogP contribution >= 0.6 is 0 Å². The average molecular weight is 237 g/mol. The van der Waals surface area contributed by atoms with E-state index in [9.17, 15) is 13.2 Å². The van der Waals surface area contributed by atoms with Crippen molar-refractivity contribution in [2.75, 3.05) is 12.3 Å². The third-order valence-corrected chi connectivity index (χ3v) is 3.64. The Kier molecular flexibility index (Phi) is 5.23. The molecule has 0 radical (unpaired) electrons. The Hall–Kier alpha value is -0.620. The highest BCUT2D eigenvalue weighted by Gasteiger charge is 2.19. The molecule has 0 atom stereocenters. The van der Waals surface area contributed by atoms with Crippen molar-refractivity contribution in [3.8, 4) is 0 Å². The number of rotatable bonds is 7. The molecule has 0 heterocycles. The summed E-state index contributed by atoms with van der Waals surface area (Å²) in [4.78, 5) is 10.2. The van der Waals surface area contributed by atoms with E-state index in [1.807, 2.05) is 20.8 Å². The molecule has 0 amide bonds. The highest BCUT2D eigenvalue weighted by atomic mass is 32.2. The number of nitrogens with one attached hydrogen (secondary N) is 1. The SMILES string of the molecule is CCC(C)(C)CNS(=O)(=O)CCC(=O)O. The Balaban J connectivity index is 4.11. The summed E-state index contributed by atoms with van der Waals surface area (Å²) in [5.74, 6) is -1.46. The maximum Gasteiger partial charge on any atom is 0.304 e. The number of sulfonamides is 1. The van der Waals surface area contributed by atoms with Gasteiger partial charge >= 0.3 is 5.97 Å². The van der Waals surface area contributed by atoms with Gasteiger partial charge in [-0.3, -0.25) is 4.79 Å². The van der Waals surface area contributed by atoms with Gasteiger partial charge in [-0.05, 0) is 11.8 Å². The number of aliphatic carboxylic acids is 1. The molecule has 0 aliphatic carbocycles. The minimum atomic E-state index is -3.45. The van der Waals surface area contributed by atoms with Crippen LogP contribution in [0.5, 0.6) is 0 Å². The van der Waals surface area contributed by atoms with E-state index in [2.05, 4.69) is 4.72 Å². The van der Waals surface area contributed by atoms with Gasteiger partial charge in [0.25, 0.3) is 0 Å². The van der Waals surface area contributed by atoms with Crippen LogP contribution < -0.4 is 4.72 Å². The fourth-order valence-electron chi connectivity index (χ4n) is 0.724. The van der Waals surface area contributed by atoms with Crippen molar-refractivity contribution >= 4 is 16.0 Å². The van der Waals surface area contributed by atoms with Crippen molar-refractivity contribution in [2.45, 2.75) is 33.6 Å². The summed E-state index contributed by atoms with van der Waals surface area (Å²) < 4.78 is 25.1. The molecule has 0 spiro atoms. The second-order valence-electron chi connectivity index (χ2n) is 4.30. The number of carboxylic acids is 1. The van der Waals surface area contributed by atoms with E-state index in [4.69, 9.17) is 5.11 Å². The van der Waals surface area contributed by atoms with Crippen molar-refractivity contribution in [2.24, 2.45) is 5.41 Å². The minimum Gasteiger partial charge on any atom is -0.481 e. The van der Waals surface area contributed by atoms with E-state index in [-0.39, 0.29) is 17.6 Å². The van der Waals surface area contributed by atoms with Crippen molar-refractivity contribution < 1.29 is 18.3 Å². The van der Waals surface area contributed by atoms with Crippen LogP contribution in [-0.2, 0) is 14.8 Å². The monoisotopic (exact) mass is 237 g/mol. The molecular formula is C9H19NO4S. The first kappa shape index (κ1) is 14.4. The zero-order valence-corrected chi connectivity index (χ0v) is 10.2. The largest absolute Gasteiger partial charge is 0.481 e. The molecule has 15 heavy (non-hydrogen) atoms. The zero-order chi connectivity index (χ0) is 12.1. The number of carboxylic acid groups (broad SMARTS) is 1. The topological polar surface area (TPSA) is 83.5 Å². The van der Waals surface area contributed by atoms with Gasteiger partial charge in [0, 0.05) is 6.54 Å². The maximum absolute atomic E-state index is 11.3. The molecule has 0 rings (SSSR count). The molecule has 0 unspecified atom stereocenters. The minimum absolute atomic E-state index is 0.101. The Morgan fingerprint density at radius 1 is 1.40 bits per heavy atom. The molecule has 0 aliphatic heterocycles. The molecule has 0 fully saturated rings. The predicted molar refractivity (Wildman–Crippen MR) is 58.1 cm³/mol. The maximum atomic E-state index is 11.3. The van der Waals surface area contributed by atoms with E-state index in [1.165, 1.54) is 0 Å². The summed E-state index contributed by atoms with van der Waals surface area (Å²) >= 11 is 0. The van der Waals surface area contributed by atoms with E-state index in [1.54, 1.807) is 0 Å². The average Bonchev–Trinajstić information content (AvgIpc) is 2.13.